The topological polar surface area (TPSA) is 90.6 Å². The van der Waals surface area contributed by atoms with Crippen LogP contribution in [0.15, 0.2) is 60.9 Å². The fourth-order valence-corrected chi connectivity index (χ4v) is 5.05. The zero-order chi connectivity index (χ0) is 25.1. The molecule has 8 heteroatoms. The Labute approximate surface area is 211 Å². The smallest absolute Gasteiger partial charge is 0.325 e. The zero-order valence-electron chi connectivity index (χ0n) is 20.9. The van der Waals surface area contributed by atoms with E-state index in [0.29, 0.717) is 44.3 Å². The van der Waals surface area contributed by atoms with E-state index < -0.39 is 0 Å². The highest BCUT2D eigenvalue weighted by Gasteiger charge is 2.50. The van der Waals surface area contributed by atoms with Crippen molar-refractivity contribution < 1.29 is 14.3 Å². The summed E-state index contributed by atoms with van der Waals surface area (Å²) in [6.45, 7) is 7.11. The lowest BCUT2D eigenvalue weighted by atomic mass is 9.88. The highest BCUT2D eigenvalue weighted by Crippen LogP contribution is 2.39. The summed E-state index contributed by atoms with van der Waals surface area (Å²) >= 11 is 0. The number of urea groups is 1. The van der Waals surface area contributed by atoms with Gasteiger partial charge in [0.2, 0.25) is 0 Å². The Morgan fingerprint density at radius 2 is 1.92 bits per heavy atom. The normalized spacial score (nSPS) is 17.2. The van der Waals surface area contributed by atoms with Gasteiger partial charge in [0, 0.05) is 49.3 Å². The molecule has 2 fully saturated rings. The standard InChI is InChI=1S/C28H33N5O3/c1-20(2)15-29-26(34)23-5-3-4-21(14-23)18-33-27(35)32(19-28(33)10-12-36-13-11-28)25-8-6-22(7-9-25)24-16-30-31-17-24/h3-9,14,16-17,20H,10-13,15,18-19H2,1-2H3,(H,29,34)(H,30,31). The van der Waals surface area contributed by atoms with Gasteiger partial charge in [0.05, 0.1) is 18.3 Å². The number of amides is 3. The van der Waals surface area contributed by atoms with Gasteiger partial charge in [-0.1, -0.05) is 38.1 Å². The summed E-state index contributed by atoms with van der Waals surface area (Å²) in [5.74, 6) is 0.297. The third-order valence-corrected chi connectivity index (χ3v) is 7.12. The maximum Gasteiger partial charge on any atom is 0.325 e. The van der Waals surface area contributed by atoms with E-state index in [1.807, 2.05) is 64.5 Å². The molecular weight excluding hydrogens is 454 g/mol. The molecule has 3 heterocycles. The van der Waals surface area contributed by atoms with Crippen molar-refractivity contribution >= 4 is 17.6 Å². The molecule has 0 saturated carbocycles. The van der Waals surface area contributed by atoms with E-state index in [0.717, 1.165) is 35.2 Å². The maximum absolute atomic E-state index is 13.8. The van der Waals surface area contributed by atoms with Crippen LogP contribution in [0.3, 0.4) is 0 Å². The van der Waals surface area contributed by atoms with E-state index in [-0.39, 0.29) is 17.5 Å². The first kappa shape index (κ1) is 24.1. The van der Waals surface area contributed by atoms with Gasteiger partial charge in [-0.05, 0) is 54.2 Å². The lowest BCUT2D eigenvalue weighted by Gasteiger charge is -2.40. The number of benzene rings is 2. The maximum atomic E-state index is 13.8. The number of carbonyl (C=O) groups excluding carboxylic acids is 2. The van der Waals surface area contributed by atoms with Gasteiger partial charge in [0.25, 0.3) is 5.91 Å². The summed E-state index contributed by atoms with van der Waals surface area (Å²) in [7, 11) is 0. The SMILES string of the molecule is CC(C)CNC(=O)c1cccc(CN2C(=O)N(c3ccc(-c4cn[nH]c4)cc3)CC23CCOCC3)c1. The Hall–Kier alpha value is -3.65. The largest absolute Gasteiger partial charge is 0.381 e. The molecule has 1 spiro atoms. The summed E-state index contributed by atoms with van der Waals surface area (Å²) in [5.41, 5.74) is 4.20. The molecule has 2 N–H and O–H groups in total. The Morgan fingerprint density at radius 1 is 1.14 bits per heavy atom. The van der Waals surface area contributed by atoms with Crippen molar-refractivity contribution in [1.29, 1.82) is 0 Å². The van der Waals surface area contributed by atoms with Gasteiger partial charge in [0.15, 0.2) is 0 Å². The van der Waals surface area contributed by atoms with Gasteiger partial charge in [-0.25, -0.2) is 4.79 Å². The fraction of sp³-hybridized carbons (Fsp3) is 0.393. The van der Waals surface area contributed by atoms with Crippen molar-refractivity contribution in [2.75, 3.05) is 31.2 Å². The Bertz CT molecular complexity index is 1200. The molecule has 2 saturated heterocycles. The molecule has 8 nitrogen and oxygen atoms in total. The summed E-state index contributed by atoms with van der Waals surface area (Å²) in [6.07, 6.45) is 5.21. The third-order valence-electron chi connectivity index (χ3n) is 7.12. The van der Waals surface area contributed by atoms with Crippen molar-refractivity contribution in [2.45, 2.75) is 38.8 Å². The highest BCUT2D eigenvalue weighted by atomic mass is 16.5. The molecular formula is C28H33N5O3. The molecule has 0 aliphatic carbocycles. The van der Waals surface area contributed by atoms with Crippen molar-refractivity contribution in [3.8, 4) is 11.1 Å². The van der Waals surface area contributed by atoms with Gasteiger partial charge in [0.1, 0.15) is 0 Å². The zero-order valence-corrected chi connectivity index (χ0v) is 20.9. The van der Waals surface area contributed by atoms with Gasteiger partial charge in [-0.15, -0.1) is 0 Å². The van der Waals surface area contributed by atoms with Crippen LogP contribution in [0.25, 0.3) is 11.1 Å². The summed E-state index contributed by atoms with van der Waals surface area (Å²) in [6, 6.07) is 15.6. The molecule has 1 aromatic heterocycles. The first-order valence-corrected chi connectivity index (χ1v) is 12.6. The molecule has 2 aliphatic rings. The quantitative estimate of drug-likeness (QED) is 0.515. The van der Waals surface area contributed by atoms with Gasteiger partial charge in [-0.3, -0.25) is 14.8 Å². The molecule has 3 amide bonds. The number of nitrogens with zero attached hydrogens (tertiary/aromatic N) is 3. The van der Waals surface area contributed by atoms with Crippen molar-refractivity contribution in [3.05, 3.63) is 72.1 Å². The highest BCUT2D eigenvalue weighted by molar-refractivity contribution is 5.96. The van der Waals surface area contributed by atoms with Crippen molar-refractivity contribution in [1.82, 2.24) is 20.4 Å². The summed E-state index contributed by atoms with van der Waals surface area (Å²) in [5, 5.41) is 9.83. The number of anilines is 1. The minimum atomic E-state index is -0.297. The second kappa shape index (κ2) is 10.1. The van der Waals surface area contributed by atoms with Gasteiger partial charge in [-0.2, -0.15) is 5.10 Å². The summed E-state index contributed by atoms with van der Waals surface area (Å²) in [4.78, 5) is 30.3. The van der Waals surface area contributed by atoms with E-state index in [9.17, 15) is 9.59 Å². The van der Waals surface area contributed by atoms with Gasteiger partial charge < -0.3 is 15.0 Å². The van der Waals surface area contributed by atoms with Crippen LogP contribution in [0.5, 0.6) is 0 Å². The second-order valence-corrected chi connectivity index (χ2v) is 10.1. The van der Waals surface area contributed by atoms with Gasteiger partial charge >= 0.3 is 6.03 Å². The van der Waals surface area contributed by atoms with Crippen LogP contribution < -0.4 is 10.2 Å². The average Bonchev–Trinajstić information content (AvgIpc) is 3.52. The summed E-state index contributed by atoms with van der Waals surface area (Å²) < 4.78 is 5.67. The van der Waals surface area contributed by atoms with Crippen LogP contribution in [0.4, 0.5) is 10.5 Å². The number of nitrogens with one attached hydrogen (secondary N) is 2. The monoisotopic (exact) mass is 487 g/mol. The molecule has 0 unspecified atom stereocenters. The number of aromatic amines is 1. The number of ether oxygens (including phenoxy) is 1. The minimum absolute atomic E-state index is 0.0115. The number of H-pyrrole nitrogens is 1. The Kier molecular flexibility index (Phi) is 6.78. The lowest BCUT2D eigenvalue weighted by Crippen LogP contribution is -2.50. The van der Waals surface area contributed by atoms with Crippen LogP contribution in [-0.4, -0.2) is 58.9 Å². The minimum Gasteiger partial charge on any atom is -0.381 e. The van der Waals surface area contributed by atoms with Crippen molar-refractivity contribution in [3.63, 3.8) is 0 Å². The van der Waals surface area contributed by atoms with Crippen LogP contribution in [0.2, 0.25) is 0 Å². The van der Waals surface area contributed by atoms with E-state index in [1.165, 1.54) is 0 Å². The number of hydrogen-bond donors (Lipinski definition) is 2. The number of hydrogen-bond acceptors (Lipinski definition) is 4. The predicted molar refractivity (Wildman–Crippen MR) is 139 cm³/mol. The molecule has 5 rings (SSSR count). The van der Waals surface area contributed by atoms with Crippen LogP contribution in [0, 0.1) is 5.92 Å². The fourth-order valence-electron chi connectivity index (χ4n) is 5.05. The van der Waals surface area contributed by atoms with E-state index in [1.54, 1.807) is 6.20 Å². The first-order valence-electron chi connectivity index (χ1n) is 12.6. The molecule has 3 aromatic rings. The average molecular weight is 488 g/mol. The van der Waals surface area contributed by atoms with E-state index >= 15 is 0 Å². The van der Waals surface area contributed by atoms with Crippen LogP contribution in [0.1, 0.15) is 42.6 Å². The number of rotatable bonds is 7. The molecule has 2 aliphatic heterocycles. The molecule has 36 heavy (non-hydrogen) atoms. The third kappa shape index (κ3) is 4.86. The number of aromatic nitrogens is 2. The van der Waals surface area contributed by atoms with E-state index in [4.69, 9.17) is 4.74 Å². The van der Waals surface area contributed by atoms with Crippen LogP contribution >= 0.6 is 0 Å². The predicted octanol–water partition coefficient (Wildman–Crippen LogP) is 4.45. The molecule has 0 bridgehead atoms. The Morgan fingerprint density at radius 3 is 2.61 bits per heavy atom. The molecule has 0 atom stereocenters. The van der Waals surface area contributed by atoms with Crippen molar-refractivity contribution in [2.24, 2.45) is 5.92 Å². The first-order chi connectivity index (χ1) is 17.4. The van der Waals surface area contributed by atoms with E-state index in [2.05, 4.69) is 29.4 Å². The number of carbonyl (C=O) groups is 2. The molecule has 188 valence electrons. The lowest BCUT2D eigenvalue weighted by molar-refractivity contribution is 0.00611. The molecule has 2 aromatic carbocycles. The van der Waals surface area contributed by atoms with Crippen LogP contribution in [-0.2, 0) is 11.3 Å². The molecule has 0 radical (unpaired) electrons. The second-order valence-electron chi connectivity index (χ2n) is 10.1. The Balaban J connectivity index is 1.38.